The van der Waals surface area contributed by atoms with Gasteiger partial charge in [-0.2, -0.15) is 0 Å². The monoisotopic (exact) mass is 750 g/mol. The third-order valence-electron chi connectivity index (χ3n) is 7.23. The van der Waals surface area contributed by atoms with Crippen LogP contribution in [0.15, 0.2) is 25.3 Å². The maximum atomic E-state index is 12.6. The molecule has 0 spiro atoms. The zero-order valence-electron chi connectivity index (χ0n) is 24.4. The third-order valence-corrected chi connectivity index (χ3v) is 11.7. The second kappa shape index (κ2) is 13.3. The molecule has 0 aromatic carbocycles. The molecule has 10 N–H and O–H groups in total. The van der Waals surface area contributed by atoms with Gasteiger partial charge in [0, 0.05) is 0 Å². The van der Waals surface area contributed by atoms with Crippen LogP contribution in [0.4, 0.5) is 11.6 Å². The van der Waals surface area contributed by atoms with Gasteiger partial charge in [-0.3, -0.25) is 18.2 Å². The maximum absolute atomic E-state index is 12.6. The second-order valence-corrected chi connectivity index (χ2v) is 15.3. The minimum absolute atomic E-state index is 0.0276. The summed E-state index contributed by atoms with van der Waals surface area (Å²) in [6, 6.07) is 0. The van der Waals surface area contributed by atoms with E-state index in [1.807, 2.05) is 0 Å². The van der Waals surface area contributed by atoms with Crippen LogP contribution < -0.4 is 11.5 Å². The lowest BCUT2D eigenvalue weighted by atomic mass is 10.1. The number of hydrogen-bond acceptors (Lipinski definition) is 21. The largest absolute Gasteiger partial charge is 0.476 e. The zero-order valence-corrected chi connectivity index (χ0v) is 27.0. The number of aromatic nitrogens is 8. The quantitative estimate of drug-likeness (QED) is 0.0553. The van der Waals surface area contributed by atoms with E-state index in [1.54, 1.807) is 0 Å². The molecule has 0 bridgehead atoms. The number of nitrogens with two attached hydrogens (primary N) is 2. The molecule has 10 atom stereocenters. The fourth-order valence-electron chi connectivity index (χ4n) is 4.99. The lowest BCUT2D eigenvalue weighted by Gasteiger charge is -2.29. The number of nitrogen functional groups attached to an aromatic ring is 2. The number of hydrogen-bond donors (Lipinski definition) is 8. The van der Waals surface area contributed by atoms with Crippen molar-refractivity contribution in [2.75, 3.05) is 24.7 Å². The number of nitrogens with zero attached hydrogens (tertiary/aromatic N) is 8. The molecular weight excluding hydrogens is 724 g/mol. The smallest absolute Gasteiger partial charge is 0.442 e. The molecule has 2 saturated heterocycles. The van der Waals surface area contributed by atoms with E-state index in [0.29, 0.717) is 0 Å². The van der Waals surface area contributed by atoms with Crippen LogP contribution in [0.2, 0.25) is 0 Å². The van der Waals surface area contributed by atoms with Crippen LogP contribution in [-0.2, 0) is 40.8 Å². The molecule has 49 heavy (non-hydrogen) atoms. The van der Waals surface area contributed by atoms with Gasteiger partial charge in [-0.25, -0.2) is 47.7 Å². The van der Waals surface area contributed by atoms with Crippen LogP contribution in [0.3, 0.4) is 0 Å². The van der Waals surface area contributed by atoms with Gasteiger partial charge in [-0.05, 0) is 0 Å². The van der Waals surface area contributed by atoms with E-state index >= 15 is 0 Å². The van der Waals surface area contributed by atoms with Crippen LogP contribution in [0.5, 0.6) is 0 Å². The Labute approximate surface area is 273 Å². The molecule has 265 valence electrons. The molecule has 4 aromatic rings. The molecule has 2 fully saturated rings. The summed E-state index contributed by atoms with van der Waals surface area (Å²) in [5.74, 6) is 0.0552. The molecule has 25 nitrogen and oxygen atoms in total. The summed E-state index contributed by atoms with van der Waals surface area (Å²) >= 11 is 0. The Morgan fingerprint density at radius 1 is 0.694 bits per heavy atom. The Morgan fingerprint density at radius 2 is 1.08 bits per heavy atom. The number of aliphatic hydroxyl groups excluding tert-OH is 4. The summed E-state index contributed by atoms with van der Waals surface area (Å²) in [6.45, 7) is -1.93. The van der Waals surface area contributed by atoms with Gasteiger partial charge in [0.1, 0.15) is 60.3 Å². The molecule has 0 saturated carbocycles. The lowest BCUT2D eigenvalue weighted by molar-refractivity contribution is -0.0507. The first-order valence-electron chi connectivity index (χ1n) is 13.6. The standard InChI is InChI=1S/C20H26BN10O15P3/c21-47(36,45-48(37,38)41-1-7-11(32)13(34)19(43-7)30-5-28-9-15(22)24-3-26-17(9)30)46-49(39,40)42-2-8-12(33)14(35)20(44-8)31-6-29-10-16(23)25-4-27-18(10)31/h3-8,11-14,19-20,32-35H,1-2H2,(H,37,38)(H,39,40)(H2,22,24,26)(H2,23,25,27)/q-1/t7-,8-,11-,12-,13-,14-,19-,20-/m1/s1. The summed E-state index contributed by atoms with van der Waals surface area (Å²) in [5, 5.41) is 41.9. The molecule has 29 heteroatoms. The zero-order chi connectivity index (χ0) is 35.5. The van der Waals surface area contributed by atoms with Crippen molar-refractivity contribution < 1.29 is 71.1 Å². The summed E-state index contributed by atoms with van der Waals surface area (Å²) in [6.07, 6.45) is -7.67. The molecule has 6 rings (SSSR count). The number of rotatable bonds is 12. The second-order valence-electron chi connectivity index (χ2n) is 10.5. The van der Waals surface area contributed by atoms with Crippen LogP contribution in [0.25, 0.3) is 22.3 Å². The van der Waals surface area contributed by atoms with E-state index in [2.05, 4.69) is 47.6 Å². The van der Waals surface area contributed by atoms with Gasteiger partial charge in [0.2, 0.25) is 0 Å². The Kier molecular flexibility index (Phi) is 9.69. The predicted octanol–water partition coefficient (Wildman–Crippen LogP) is -2.39. The Morgan fingerprint density at radius 3 is 1.47 bits per heavy atom. The summed E-state index contributed by atoms with van der Waals surface area (Å²) in [4.78, 5) is 43.8. The highest BCUT2D eigenvalue weighted by Crippen LogP contribution is 2.67. The normalized spacial score (nSPS) is 31.2. The lowest BCUT2D eigenvalue weighted by Crippen LogP contribution is -2.33. The predicted molar refractivity (Wildman–Crippen MR) is 158 cm³/mol. The molecule has 2 unspecified atom stereocenters. The highest BCUT2D eigenvalue weighted by Gasteiger charge is 2.47. The number of ether oxygens (including phenoxy) is 2. The molecular formula is C20H26BN10O15P3-. The molecule has 0 amide bonds. The van der Waals surface area contributed by atoms with Gasteiger partial charge in [0.15, 0.2) is 35.4 Å². The van der Waals surface area contributed by atoms with Crippen molar-refractivity contribution in [3.63, 3.8) is 0 Å². The Bertz CT molecular complexity index is 1870. The molecule has 0 aliphatic carbocycles. The van der Waals surface area contributed by atoms with E-state index in [-0.39, 0.29) is 34.0 Å². The van der Waals surface area contributed by atoms with E-state index in [9.17, 15) is 43.9 Å². The highest BCUT2D eigenvalue weighted by atomic mass is 31.3. The molecule has 3 radical (unpaired) electrons. The molecule has 4 aromatic heterocycles. The Hall–Kier alpha value is -3.03. The number of phosphoric ester groups is 2. The number of phosphoric acid groups is 2. The van der Waals surface area contributed by atoms with E-state index in [4.69, 9.17) is 28.5 Å². The first-order valence-corrected chi connectivity index (χ1v) is 18.2. The van der Waals surface area contributed by atoms with Crippen molar-refractivity contribution in [2.45, 2.75) is 49.1 Å². The summed E-state index contributed by atoms with van der Waals surface area (Å²) in [7, 11) is -11.2. The van der Waals surface area contributed by atoms with Gasteiger partial charge < -0.3 is 63.3 Å². The van der Waals surface area contributed by atoms with Crippen LogP contribution in [-0.4, -0.2) is 127 Å². The van der Waals surface area contributed by atoms with Gasteiger partial charge >= 0.3 is 15.6 Å². The van der Waals surface area contributed by atoms with Gasteiger partial charge in [0.05, 0.1) is 33.3 Å². The molecule has 6 heterocycles. The Balaban J connectivity index is 1.03. The van der Waals surface area contributed by atoms with Crippen LogP contribution in [0.1, 0.15) is 12.5 Å². The maximum Gasteiger partial charge on any atom is 0.476 e. The number of imidazole rings is 2. The van der Waals surface area contributed by atoms with Crippen molar-refractivity contribution in [1.82, 2.24) is 39.0 Å². The number of anilines is 2. The third kappa shape index (κ3) is 7.26. The van der Waals surface area contributed by atoms with Crippen molar-refractivity contribution in [2.24, 2.45) is 0 Å². The van der Waals surface area contributed by atoms with Crippen molar-refractivity contribution >= 4 is 64.6 Å². The topological polar surface area (TPSA) is 367 Å². The average molecular weight is 750 g/mol. The number of aliphatic hydroxyl groups is 4. The molecule has 2 aliphatic heterocycles. The number of fused-ring (bicyclic) bond motifs is 2. The van der Waals surface area contributed by atoms with Crippen molar-refractivity contribution in [3.05, 3.63) is 25.3 Å². The van der Waals surface area contributed by atoms with Crippen LogP contribution >= 0.6 is 23.1 Å². The fraction of sp³-hybridized carbons (Fsp3) is 0.500. The average Bonchev–Trinajstić information content (AvgIpc) is 3.77. The van der Waals surface area contributed by atoms with Crippen molar-refractivity contribution in [3.8, 4) is 0 Å². The van der Waals surface area contributed by atoms with Gasteiger partial charge in [-0.15, -0.1) is 0 Å². The van der Waals surface area contributed by atoms with E-state index in [1.165, 1.54) is 21.8 Å². The summed E-state index contributed by atoms with van der Waals surface area (Å²) < 4.78 is 69.0. The van der Waals surface area contributed by atoms with E-state index < -0.39 is 85.4 Å². The van der Waals surface area contributed by atoms with E-state index in [0.717, 1.165) is 12.7 Å². The first-order chi connectivity index (χ1) is 23.0. The van der Waals surface area contributed by atoms with Gasteiger partial charge in [0.25, 0.3) is 0 Å². The minimum Gasteiger partial charge on any atom is -0.442 e. The molecule has 2 aliphatic rings. The van der Waals surface area contributed by atoms with Gasteiger partial charge in [-0.1, -0.05) is 0 Å². The SMILES string of the molecule is [B-]P(=O)(OP(=O)(O)OC[C@H]1O[C@@H](n2cnc3c(N)ncnc32)[C@H](O)[C@@H]1O)OP(=O)(O)OC[C@H]1O[C@@H](n2cnc3c(N)ncnc32)[C@H](O)[C@@H]1O. The van der Waals surface area contributed by atoms with Crippen molar-refractivity contribution in [1.29, 1.82) is 0 Å². The fourth-order valence-corrected chi connectivity index (χ4v) is 8.73. The first kappa shape index (κ1) is 35.8. The van der Waals surface area contributed by atoms with Crippen LogP contribution in [0, 0.1) is 0 Å². The summed E-state index contributed by atoms with van der Waals surface area (Å²) in [5.41, 5.74) is 12.1. The highest BCUT2D eigenvalue weighted by molar-refractivity contribution is 7.86. The minimum atomic E-state index is -5.50.